The molecule has 0 bridgehead atoms. The zero-order valence-electron chi connectivity index (χ0n) is 26.3. The van der Waals surface area contributed by atoms with Crippen molar-refractivity contribution in [2.75, 3.05) is 6.61 Å². The number of fused-ring (bicyclic) bond motifs is 1. The van der Waals surface area contributed by atoms with E-state index in [1.165, 1.54) is 31.2 Å². The maximum absolute atomic E-state index is 13.9. The fourth-order valence-corrected chi connectivity index (χ4v) is 4.86. The van der Waals surface area contributed by atoms with E-state index >= 15 is 0 Å². The van der Waals surface area contributed by atoms with Gasteiger partial charge in [-0.1, -0.05) is 44.2 Å². The van der Waals surface area contributed by atoms with Crippen LogP contribution < -0.4 is 27.0 Å². The van der Waals surface area contributed by atoms with E-state index in [0.717, 1.165) is 10.9 Å². The second-order valence-electron chi connectivity index (χ2n) is 11.6. The minimum atomic E-state index is -1.56. The third-order valence-electron chi connectivity index (χ3n) is 7.57. The number of hydrogen-bond donors (Lipinski definition) is 10. The van der Waals surface area contributed by atoms with Gasteiger partial charge in [0.1, 0.15) is 36.0 Å². The molecule has 0 aliphatic carbocycles. The largest absolute Gasteiger partial charge is 0.508 e. The molecular weight excluding hydrogens is 612 g/mol. The van der Waals surface area contributed by atoms with E-state index in [4.69, 9.17) is 5.73 Å². The van der Waals surface area contributed by atoms with Gasteiger partial charge in [0.05, 0.1) is 12.7 Å². The monoisotopic (exact) mass is 654 g/mol. The van der Waals surface area contributed by atoms with Crippen LogP contribution in [0, 0.1) is 5.92 Å². The number of para-hydroxylation sites is 1. The average molecular weight is 655 g/mol. The summed E-state index contributed by atoms with van der Waals surface area (Å²) in [6.07, 6.45) is 0.0434. The van der Waals surface area contributed by atoms with Crippen LogP contribution in [0.3, 0.4) is 0 Å². The molecule has 0 spiro atoms. The van der Waals surface area contributed by atoms with Gasteiger partial charge in [0.2, 0.25) is 23.6 Å². The number of aromatic nitrogens is 1. The van der Waals surface area contributed by atoms with Crippen molar-refractivity contribution in [3.05, 3.63) is 65.9 Å². The Morgan fingerprint density at radius 1 is 0.787 bits per heavy atom. The van der Waals surface area contributed by atoms with E-state index in [9.17, 15) is 44.4 Å². The predicted molar refractivity (Wildman–Crippen MR) is 171 cm³/mol. The number of phenols is 1. The van der Waals surface area contributed by atoms with Crippen LogP contribution in [0.2, 0.25) is 0 Å². The van der Waals surface area contributed by atoms with Crippen molar-refractivity contribution >= 4 is 40.5 Å². The van der Waals surface area contributed by atoms with E-state index in [1.807, 2.05) is 18.2 Å². The summed E-state index contributed by atoms with van der Waals surface area (Å²) < 4.78 is 0. The molecule has 3 rings (SSSR count). The molecule has 6 atom stereocenters. The lowest BCUT2D eigenvalue weighted by atomic mass is 10.00. The lowest BCUT2D eigenvalue weighted by Crippen LogP contribution is -2.61. The number of hydrogen-bond acceptors (Lipinski definition) is 9. The number of nitrogens with one attached hydrogen (secondary N) is 5. The fraction of sp³-hybridized carbons (Fsp3) is 0.406. The number of aromatic hydroxyl groups is 1. The number of aliphatic carboxylic acids is 1. The molecule has 0 saturated carbocycles. The van der Waals surface area contributed by atoms with E-state index in [2.05, 4.69) is 26.3 Å². The number of carboxylic acids is 1. The molecule has 0 aliphatic rings. The highest BCUT2D eigenvalue weighted by atomic mass is 16.4. The summed E-state index contributed by atoms with van der Waals surface area (Å²) in [5, 5.41) is 49.6. The summed E-state index contributed by atoms with van der Waals surface area (Å²) in [6.45, 7) is 3.76. The minimum absolute atomic E-state index is 0.0225. The van der Waals surface area contributed by atoms with Gasteiger partial charge >= 0.3 is 5.97 Å². The zero-order valence-corrected chi connectivity index (χ0v) is 26.3. The highest BCUT2D eigenvalue weighted by Gasteiger charge is 2.34. The minimum Gasteiger partial charge on any atom is -0.508 e. The van der Waals surface area contributed by atoms with Crippen LogP contribution in [-0.2, 0) is 36.8 Å². The van der Waals surface area contributed by atoms with Crippen LogP contribution in [0.5, 0.6) is 5.75 Å². The van der Waals surface area contributed by atoms with Crippen molar-refractivity contribution in [1.29, 1.82) is 0 Å². The molecule has 1 heterocycles. The number of phenolic OH excluding ortho intramolecular Hbond substituents is 1. The number of carbonyl (C=O) groups is 5. The Morgan fingerprint density at radius 2 is 1.36 bits per heavy atom. The molecule has 4 amide bonds. The van der Waals surface area contributed by atoms with Gasteiger partial charge in [-0.15, -0.1) is 0 Å². The van der Waals surface area contributed by atoms with Gasteiger partial charge in [-0.3, -0.25) is 19.2 Å². The van der Waals surface area contributed by atoms with E-state index in [-0.39, 0.29) is 18.6 Å². The summed E-state index contributed by atoms with van der Waals surface area (Å²) in [4.78, 5) is 68.1. The van der Waals surface area contributed by atoms with Crippen molar-refractivity contribution in [3.8, 4) is 5.75 Å². The Labute approximate surface area is 270 Å². The number of nitrogens with two attached hydrogens (primary N) is 1. The number of aliphatic hydroxyl groups is 2. The van der Waals surface area contributed by atoms with E-state index in [0.29, 0.717) is 11.1 Å². The van der Waals surface area contributed by atoms with Gasteiger partial charge < -0.3 is 52.4 Å². The molecule has 0 saturated heterocycles. The fourth-order valence-electron chi connectivity index (χ4n) is 4.86. The standard InChI is InChI=1S/C32H42N6O9/c1-16(2)26(32(46)47)37-30(44)24(12-18-8-10-20(41)11-9-18)35-29(43)25(13-19-14-34-23-7-5-4-6-21(19)23)36-31(45)27(17(3)40)38-28(42)22(33)15-39/h4-11,14,16-17,22,24-27,34,39-41H,12-13,15,33H2,1-3H3,(H,35,43)(H,36,45)(H,37,44)(H,38,42)(H,46,47)/t17-,22+,24+,25+,26+,27+/m1/s1. The molecule has 0 fully saturated rings. The van der Waals surface area contributed by atoms with Crippen LogP contribution >= 0.6 is 0 Å². The number of aliphatic hydroxyl groups excluding tert-OH is 2. The molecule has 0 unspecified atom stereocenters. The Balaban J connectivity index is 1.96. The highest BCUT2D eigenvalue weighted by molar-refractivity contribution is 5.96. The van der Waals surface area contributed by atoms with Gasteiger partial charge in [-0.2, -0.15) is 0 Å². The number of H-pyrrole nitrogens is 1. The van der Waals surface area contributed by atoms with Gasteiger partial charge in [0.25, 0.3) is 0 Å². The third kappa shape index (κ3) is 10.00. The smallest absolute Gasteiger partial charge is 0.326 e. The molecule has 0 aliphatic heterocycles. The zero-order chi connectivity index (χ0) is 34.8. The topological polar surface area (TPSA) is 256 Å². The first-order chi connectivity index (χ1) is 22.2. The first-order valence-electron chi connectivity index (χ1n) is 15.0. The average Bonchev–Trinajstić information content (AvgIpc) is 3.44. The summed E-state index contributed by atoms with van der Waals surface area (Å²) in [5.41, 5.74) is 7.48. The maximum Gasteiger partial charge on any atom is 0.326 e. The second kappa shape index (κ2) is 16.5. The normalized spacial score (nSPS) is 15.1. The van der Waals surface area contributed by atoms with Crippen molar-refractivity contribution in [3.63, 3.8) is 0 Å². The number of rotatable bonds is 16. The second-order valence-corrected chi connectivity index (χ2v) is 11.6. The molecule has 15 nitrogen and oxygen atoms in total. The summed E-state index contributed by atoms with van der Waals surface area (Å²) >= 11 is 0. The highest BCUT2D eigenvalue weighted by Crippen LogP contribution is 2.20. The molecule has 15 heteroatoms. The summed E-state index contributed by atoms with van der Waals surface area (Å²) in [7, 11) is 0. The summed E-state index contributed by atoms with van der Waals surface area (Å²) in [5.74, 6) is -5.23. The van der Waals surface area contributed by atoms with Gasteiger partial charge in [0, 0.05) is 29.9 Å². The van der Waals surface area contributed by atoms with Crippen LogP contribution in [0.25, 0.3) is 10.9 Å². The molecule has 47 heavy (non-hydrogen) atoms. The van der Waals surface area contributed by atoms with Gasteiger partial charge in [0.15, 0.2) is 0 Å². The van der Waals surface area contributed by atoms with E-state index in [1.54, 1.807) is 26.1 Å². The molecule has 1 aromatic heterocycles. The Morgan fingerprint density at radius 3 is 1.96 bits per heavy atom. The number of carboxylic acid groups (broad SMARTS) is 1. The molecule has 3 aromatic rings. The first-order valence-corrected chi connectivity index (χ1v) is 15.0. The van der Waals surface area contributed by atoms with Crippen molar-refractivity contribution in [1.82, 2.24) is 26.3 Å². The maximum atomic E-state index is 13.9. The van der Waals surface area contributed by atoms with Crippen molar-refractivity contribution in [2.24, 2.45) is 11.7 Å². The Hall–Kier alpha value is -4.99. The number of amides is 4. The molecule has 2 aromatic carbocycles. The van der Waals surface area contributed by atoms with Crippen LogP contribution in [0.15, 0.2) is 54.7 Å². The number of carbonyl (C=O) groups excluding carboxylic acids is 4. The number of benzene rings is 2. The van der Waals surface area contributed by atoms with E-state index < -0.39 is 78.4 Å². The van der Waals surface area contributed by atoms with Crippen molar-refractivity contribution in [2.45, 2.75) is 69.9 Å². The SMILES string of the molecule is CC(C)[C@H](NC(=O)[C@H](Cc1ccc(O)cc1)NC(=O)[C@H](Cc1c[nH]c2ccccc12)NC(=O)[C@@H](NC(=O)[C@@H](N)CO)[C@@H](C)O)C(=O)O. The number of aromatic amines is 1. The first kappa shape index (κ1) is 36.5. The molecule has 0 radical (unpaired) electrons. The van der Waals surface area contributed by atoms with Gasteiger partial charge in [-0.25, -0.2) is 4.79 Å². The molecule has 254 valence electrons. The molecular formula is C32H42N6O9. The van der Waals surface area contributed by atoms with Crippen LogP contribution in [0.4, 0.5) is 0 Å². The van der Waals surface area contributed by atoms with Gasteiger partial charge in [-0.05, 0) is 42.2 Å². The Bertz CT molecular complexity index is 1560. The summed E-state index contributed by atoms with van der Waals surface area (Å²) in [6, 6.07) is 6.25. The van der Waals surface area contributed by atoms with Crippen LogP contribution in [0.1, 0.15) is 31.9 Å². The Kier molecular flexibility index (Phi) is 12.8. The van der Waals surface area contributed by atoms with Crippen LogP contribution in [-0.4, -0.2) is 97.9 Å². The lowest BCUT2D eigenvalue weighted by molar-refractivity contribution is -0.143. The quantitative estimate of drug-likeness (QED) is 0.0905. The molecule has 11 N–H and O–H groups in total. The van der Waals surface area contributed by atoms with Crippen molar-refractivity contribution < 1.29 is 44.4 Å². The lowest BCUT2D eigenvalue weighted by Gasteiger charge is -2.27. The third-order valence-corrected chi connectivity index (χ3v) is 7.57. The predicted octanol–water partition coefficient (Wildman–Crippen LogP) is -0.961.